The second kappa shape index (κ2) is 7.13. The van der Waals surface area contributed by atoms with Crippen LogP contribution in [0.15, 0.2) is 18.2 Å². The van der Waals surface area contributed by atoms with Crippen molar-refractivity contribution in [1.82, 2.24) is 10.2 Å². The first-order valence-corrected chi connectivity index (χ1v) is 7.31. The van der Waals surface area contributed by atoms with E-state index < -0.39 is 11.7 Å². The van der Waals surface area contributed by atoms with Gasteiger partial charge >= 0.3 is 6.18 Å². The van der Waals surface area contributed by atoms with Crippen molar-refractivity contribution < 1.29 is 13.2 Å². The molecule has 2 N–H and O–H groups in total. The Balaban J connectivity index is 1.82. The van der Waals surface area contributed by atoms with Crippen LogP contribution >= 0.6 is 0 Å². The highest BCUT2D eigenvalue weighted by Crippen LogP contribution is 2.31. The fourth-order valence-corrected chi connectivity index (χ4v) is 2.45. The number of hydrogen-bond donors (Lipinski definition) is 2. The zero-order chi connectivity index (χ0) is 15.3. The molecule has 0 bridgehead atoms. The highest BCUT2D eigenvalue weighted by molar-refractivity contribution is 5.53. The fourth-order valence-electron chi connectivity index (χ4n) is 2.45. The number of hydrogen-bond acceptors (Lipinski definition) is 3. The Hall–Kier alpha value is -1.27. The first-order valence-electron chi connectivity index (χ1n) is 7.31. The average Bonchev–Trinajstić information content (AvgIpc) is 2.45. The van der Waals surface area contributed by atoms with Gasteiger partial charge in [-0.05, 0) is 37.6 Å². The monoisotopic (exact) mass is 301 g/mol. The van der Waals surface area contributed by atoms with Crippen molar-refractivity contribution in [3.63, 3.8) is 0 Å². The fraction of sp³-hybridized carbons (Fsp3) is 0.600. The van der Waals surface area contributed by atoms with Crippen molar-refractivity contribution >= 4 is 5.69 Å². The maximum Gasteiger partial charge on any atom is 0.416 e. The van der Waals surface area contributed by atoms with Crippen molar-refractivity contribution in [2.45, 2.75) is 19.5 Å². The van der Waals surface area contributed by atoms with E-state index in [0.717, 1.165) is 50.8 Å². The molecule has 1 heterocycles. The lowest BCUT2D eigenvalue weighted by molar-refractivity contribution is -0.137. The van der Waals surface area contributed by atoms with Crippen LogP contribution in [-0.2, 0) is 6.18 Å². The van der Waals surface area contributed by atoms with E-state index in [9.17, 15) is 13.2 Å². The molecule has 1 aromatic carbocycles. The second-order valence-electron chi connectivity index (χ2n) is 5.40. The van der Waals surface area contributed by atoms with Gasteiger partial charge in [0.2, 0.25) is 0 Å². The van der Waals surface area contributed by atoms with Crippen molar-refractivity contribution in [3.8, 4) is 0 Å². The van der Waals surface area contributed by atoms with Gasteiger partial charge in [-0.25, -0.2) is 0 Å². The van der Waals surface area contributed by atoms with E-state index in [-0.39, 0.29) is 0 Å². The number of nitrogens with zero attached hydrogens (tertiary/aromatic N) is 1. The van der Waals surface area contributed by atoms with Crippen LogP contribution in [0.3, 0.4) is 0 Å². The summed E-state index contributed by atoms with van der Waals surface area (Å²) in [5, 5.41) is 6.42. The number of anilines is 1. The highest BCUT2D eigenvalue weighted by Gasteiger charge is 2.30. The lowest BCUT2D eigenvalue weighted by Gasteiger charge is -2.27. The summed E-state index contributed by atoms with van der Waals surface area (Å²) in [5.74, 6) is 0. The number of piperazine rings is 1. The number of halogens is 3. The van der Waals surface area contributed by atoms with Gasteiger partial charge in [-0.2, -0.15) is 13.2 Å². The molecule has 0 radical (unpaired) electrons. The third-order valence-electron chi connectivity index (χ3n) is 3.74. The van der Waals surface area contributed by atoms with Gasteiger partial charge in [-0.3, -0.25) is 0 Å². The molecule has 21 heavy (non-hydrogen) atoms. The normalized spacial score (nSPS) is 17.0. The van der Waals surface area contributed by atoms with Crippen molar-refractivity contribution in [1.29, 1.82) is 0 Å². The molecule has 1 aromatic rings. The van der Waals surface area contributed by atoms with Gasteiger partial charge in [0.05, 0.1) is 5.56 Å². The van der Waals surface area contributed by atoms with E-state index in [1.54, 1.807) is 0 Å². The molecule has 0 amide bonds. The van der Waals surface area contributed by atoms with Crippen molar-refractivity contribution in [3.05, 3.63) is 29.3 Å². The smallest absolute Gasteiger partial charge is 0.385 e. The zero-order valence-electron chi connectivity index (χ0n) is 12.3. The highest BCUT2D eigenvalue weighted by atomic mass is 19.4. The summed E-state index contributed by atoms with van der Waals surface area (Å²) >= 11 is 0. The van der Waals surface area contributed by atoms with Gasteiger partial charge in [-0.15, -0.1) is 0 Å². The van der Waals surface area contributed by atoms with Gasteiger partial charge in [0.15, 0.2) is 0 Å². The predicted molar refractivity (Wildman–Crippen MR) is 78.6 cm³/mol. The Morgan fingerprint density at radius 1 is 1.24 bits per heavy atom. The van der Waals surface area contributed by atoms with Crippen LogP contribution in [0.4, 0.5) is 18.9 Å². The quantitative estimate of drug-likeness (QED) is 0.819. The third kappa shape index (κ3) is 4.89. The Morgan fingerprint density at radius 3 is 2.62 bits per heavy atom. The largest absolute Gasteiger partial charge is 0.416 e. The Kier molecular flexibility index (Phi) is 5.47. The van der Waals surface area contributed by atoms with E-state index >= 15 is 0 Å². The summed E-state index contributed by atoms with van der Waals surface area (Å²) in [7, 11) is 0. The van der Waals surface area contributed by atoms with Crippen molar-refractivity contribution in [2.24, 2.45) is 0 Å². The Bertz CT molecular complexity index is 454. The molecule has 0 spiro atoms. The first-order chi connectivity index (χ1) is 9.97. The minimum absolute atomic E-state index is 0.574. The topological polar surface area (TPSA) is 27.3 Å². The second-order valence-corrected chi connectivity index (χ2v) is 5.40. The molecule has 0 aliphatic carbocycles. The van der Waals surface area contributed by atoms with Gasteiger partial charge in [-0.1, -0.05) is 6.07 Å². The molecule has 1 aliphatic rings. The molecule has 1 fully saturated rings. The number of benzene rings is 1. The molecule has 2 rings (SSSR count). The number of rotatable bonds is 5. The molecular weight excluding hydrogens is 279 g/mol. The summed E-state index contributed by atoms with van der Waals surface area (Å²) < 4.78 is 38.1. The maximum atomic E-state index is 12.7. The van der Waals surface area contributed by atoms with Crippen LogP contribution in [0.5, 0.6) is 0 Å². The molecule has 0 atom stereocenters. The van der Waals surface area contributed by atoms with Crippen molar-refractivity contribution in [2.75, 3.05) is 44.6 Å². The standard InChI is InChI=1S/C15H22F3N3/c1-12-3-4-13(15(16,17)18)11-14(12)20-5-2-8-21-9-6-19-7-10-21/h3-4,11,19-20H,2,5-10H2,1H3. The maximum absolute atomic E-state index is 12.7. The molecule has 0 saturated carbocycles. The van der Waals surface area contributed by atoms with E-state index in [2.05, 4.69) is 15.5 Å². The summed E-state index contributed by atoms with van der Waals surface area (Å²) in [6, 6.07) is 3.84. The molecule has 118 valence electrons. The molecule has 0 unspecified atom stereocenters. The predicted octanol–water partition coefficient (Wildman–Crippen LogP) is 2.72. The number of nitrogens with one attached hydrogen (secondary N) is 2. The molecule has 0 aromatic heterocycles. The number of alkyl halides is 3. The van der Waals surface area contributed by atoms with Crippen LogP contribution in [0, 0.1) is 6.92 Å². The summed E-state index contributed by atoms with van der Waals surface area (Å²) in [6.45, 7) is 7.60. The molecular formula is C15H22F3N3. The lowest BCUT2D eigenvalue weighted by atomic mass is 10.1. The Morgan fingerprint density at radius 2 is 1.95 bits per heavy atom. The molecule has 1 saturated heterocycles. The van der Waals surface area contributed by atoms with Gasteiger partial charge in [0.1, 0.15) is 0 Å². The first kappa shape index (κ1) is 16.1. The lowest BCUT2D eigenvalue weighted by Crippen LogP contribution is -2.44. The zero-order valence-corrected chi connectivity index (χ0v) is 12.3. The SMILES string of the molecule is Cc1ccc(C(F)(F)F)cc1NCCCN1CCNCC1. The molecule has 6 heteroatoms. The minimum Gasteiger partial charge on any atom is -0.385 e. The van der Waals surface area contributed by atoms with E-state index in [4.69, 9.17) is 0 Å². The van der Waals surface area contributed by atoms with E-state index in [1.165, 1.54) is 12.1 Å². The van der Waals surface area contributed by atoms with Gasteiger partial charge in [0.25, 0.3) is 0 Å². The van der Waals surface area contributed by atoms with Crippen LogP contribution in [0.1, 0.15) is 17.5 Å². The van der Waals surface area contributed by atoms with Gasteiger partial charge in [0, 0.05) is 38.4 Å². The van der Waals surface area contributed by atoms with E-state index in [0.29, 0.717) is 12.2 Å². The molecule has 1 aliphatic heterocycles. The van der Waals surface area contributed by atoms with E-state index in [1.807, 2.05) is 6.92 Å². The molecule has 3 nitrogen and oxygen atoms in total. The van der Waals surface area contributed by atoms with Crippen LogP contribution < -0.4 is 10.6 Å². The Labute approximate surface area is 123 Å². The minimum atomic E-state index is -4.29. The number of aryl methyl sites for hydroxylation is 1. The van der Waals surface area contributed by atoms with Crippen LogP contribution in [-0.4, -0.2) is 44.2 Å². The summed E-state index contributed by atoms with van der Waals surface area (Å²) in [6.07, 6.45) is -3.36. The van der Waals surface area contributed by atoms with Crippen LogP contribution in [0.2, 0.25) is 0 Å². The van der Waals surface area contributed by atoms with Crippen LogP contribution in [0.25, 0.3) is 0 Å². The summed E-state index contributed by atoms with van der Waals surface area (Å²) in [4.78, 5) is 2.37. The average molecular weight is 301 g/mol. The van der Waals surface area contributed by atoms with Gasteiger partial charge < -0.3 is 15.5 Å². The third-order valence-corrected chi connectivity index (χ3v) is 3.74. The summed E-state index contributed by atoms with van der Waals surface area (Å²) in [5.41, 5.74) is 0.813.